The number of hydrogen-bond acceptors (Lipinski definition) is 14. The zero-order valence-corrected chi connectivity index (χ0v) is 41.8. The van der Waals surface area contributed by atoms with Gasteiger partial charge in [0, 0.05) is 38.5 Å². The highest BCUT2D eigenvalue weighted by molar-refractivity contribution is 5.97. The van der Waals surface area contributed by atoms with Crippen LogP contribution in [-0.4, -0.2) is 124 Å². The Morgan fingerprint density at radius 3 is 1.25 bits per heavy atom. The standard InChI is InChI=1S/C58H76O14/c1-39-19-11-7-5-9-13-21-43-23-15-29-53(67)55(43)57(69)72-52(34-42(4)60)38-48(64)28-18-26-46(62)36-50(66)32-40(2)20-12-8-6-10-14-22-44-24-16-30-54(68)56(44)58(70)71-51(33-41(3)59)37-47(63)27-17-25-45(61)35-49(65)31-39/h5-26,29-30,41-42,45-52,59-68H,27-28,31-38H2,1-4H3. The number of carbonyl (C=O) groups excluding carboxylic acids is 2. The normalized spacial score (nSPS) is 25.7. The number of carbonyl (C=O) groups is 2. The Morgan fingerprint density at radius 1 is 0.514 bits per heavy atom. The van der Waals surface area contributed by atoms with E-state index in [1.54, 1.807) is 109 Å². The molecule has 10 atom stereocenters. The number of aliphatic hydroxyl groups excluding tert-OH is 8. The van der Waals surface area contributed by atoms with E-state index in [2.05, 4.69) is 0 Å². The van der Waals surface area contributed by atoms with E-state index in [0.29, 0.717) is 11.1 Å². The highest BCUT2D eigenvalue weighted by Crippen LogP contribution is 2.27. The minimum Gasteiger partial charge on any atom is -0.507 e. The molecule has 0 radical (unpaired) electrons. The van der Waals surface area contributed by atoms with E-state index < -0.39 is 73.0 Å². The molecule has 1 heterocycles. The molecule has 2 aromatic carbocycles. The number of ether oxygens (including phenoxy) is 2. The molecule has 0 bridgehead atoms. The Labute approximate surface area is 424 Å². The molecule has 1 aliphatic heterocycles. The van der Waals surface area contributed by atoms with Crippen molar-refractivity contribution in [1.29, 1.82) is 0 Å². The molecule has 10 N–H and O–H groups in total. The molecule has 0 saturated carbocycles. The van der Waals surface area contributed by atoms with Gasteiger partial charge in [0.05, 0.1) is 48.8 Å². The van der Waals surface area contributed by atoms with E-state index in [0.717, 1.165) is 11.1 Å². The molecule has 0 spiro atoms. The van der Waals surface area contributed by atoms with Crippen LogP contribution in [0.1, 0.15) is 124 Å². The second-order valence-electron chi connectivity index (χ2n) is 18.4. The van der Waals surface area contributed by atoms with Crippen molar-refractivity contribution in [1.82, 2.24) is 0 Å². The molecule has 14 heteroatoms. The number of esters is 2. The first kappa shape index (κ1) is 60.4. The van der Waals surface area contributed by atoms with Crippen molar-refractivity contribution < 1.29 is 70.1 Å². The highest BCUT2D eigenvalue weighted by Gasteiger charge is 2.26. The topological polar surface area (TPSA) is 255 Å². The predicted molar refractivity (Wildman–Crippen MR) is 281 cm³/mol. The van der Waals surface area contributed by atoms with Crippen LogP contribution in [0.15, 0.2) is 145 Å². The van der Waals surface area contributed by atoms with Crippen molar-refractivity contribution in [3.05, 3.63) is 167 Å². The lowest BCUT2D eigenvalue weighted by molar-refractivity contribution is -0.00168. The maximum absolute atomic E-state index is 13.5. The summed E-state index contributed by atoms with van der Waals surface area (Å²) in [5, 5.41) is 106. The van der Waals surface area contributed by atoms with Crippen LogP contribution in [0.4, 0.5) is 0 Å². The van der Waals surface area contributed by atoms with Crippen LogP contribution in [0.2, 0.25) is 0 Å². The van der Waals surface area contributed by atoms with Gasteiger partial charge >= 0.3 is 11.9 Å². The van der Waals surface area contributed by atoms with Crippen molar-refractivity contribution in [2.24, 2.45) is 0 Å². The summed E-state index contributed by atoms with van der Waals surface area (Å²) >= 11 is 0. The lowest BCUT2D eigenvalue weighted by Crippen LogP contribution is -2.27. The van der Waals surface area contributed by atoms with Gasteiger partial charge in [-0.25, -0.2) is 9.59 Å². The molecule has 2 aromatic rings. The van der Waals surface area contributed by atoms with Gasteiger partial charge in [-0.1, -0.05) is 145 Å². The van der Waals surface area contributed by atoms with E-state index >= 15 is 0 Å². The summed E-state index contributed by atoms with van der Waals surface area (Å²) in [6.07, 6.45) is 21.8. The maximum Gasteiger partial charge on any atom is 0.342 e. The summed E-state index contributed by atoms with van der Waals surface area (Å²) in [4.78, 5) is 26.9. The molecule has 1 aliphatic rings. The molecular formula is C58H76O14. The minimum absolute atomic E-state index is 0.0244. The Balaban J connectivity index is 1.82. The molecule has 0 aliphatic carbocycles. The number of aromatic hydroxyl groups is 2. The molecular weight excluding hydrogens is 921 g/mol. The molecule has 72 heavy (non-hydrogen) atoms. The van der Waals surface area contributed by atoms with Gasteiger partial charge in [-0.2, -0.15) is 0 Å². The molecule has 0 fully saturated rings. The number of cyclic esters (lactones) is 2. The Bertz CT molecular complexity index is 2130. The highest BCUT2D eigenvalue weighted by atomic mass is 16.5. The van der Waals surface area contributed by atoms with Crippen molar-refractivity contribution in [2.75, 3.05) is 0 Å². The van der Waals surface area contributed by atoms with Gasteiger partial charge in [-0.3, -0.25) is 0 Å². The fourth-order valence-corrected chi connectivity index (χ4v) is 7.89. The summed E-state index contributed by atoms with van der Waals surface area (Å²) in [6, 6.07) is 9.14. The van der Waals surface area contributed by atoms with Crippen LogP contribution in [0.5, 0.6) is 11.5 Å². The molecule has 0 aromatic heterocycles. The van der Waals surface area contributed by atoms with E-state index in [1.165, 1.54) is 38.1 Å². The van der Waals surface area contributed by atoms with Crippen molar-refractivity contribution in [3.8, 4) is 11.5 Å². The van der Waals surface area contributed by atoms with Crippen LogP contribution in [0.3, 0.4) is 0 Å². The van der Waals surface area contributed by atoms with Gasteiger partial charge < -0.3 is 60.5 Å². The number of rotatable bonds is 4. The van der Waals surface area contributed by atoms with Crippen LogP contribution < -0.4 is 0 Å². The van der Waals surface area contributed by atoms with Crippen LogP contribution >= 0.6 is 0 Å². The lowest BCUT2D eigenvalue weighted by Gasteiger charge is -2.22. The number of phenolic OH excluding ortho intramolecular Hbond substituents is 2. The van der Waals surface area contributed by atoms with Crippen LogP contribution in [-0.2, 0) is 9.47 Å². The molecule has 392 valence electrons. The first-order valence-corrected chi connectivity index (χ1v) is 24.5. The van der Waals surface area contributed by atoms with Crippen molar-refractivity contribution in [2.45, 2.75) is 153 Å². The van der Waals surface area contributed by atoms with E-state index in [-0.39, 0.29) is 86.8 Å². The average molecular weight is 997 g/mol. The summed E-state index contributed by atoms with van der Waals surface area (Å²) < 4.78 is 11.5. The first-order valence-electron chi connectivity index (χ1n) is 24.5. The molecule has 3 rings (SSSR count). The fourth-order valence-electron chi connectivity index (χ4n) is 7.89. The van der Waals surface area contributed by atoms with Gasteiger partial charge in [0.1, 0.15) is 34.8 Å². The second-order valence-corrected chi connectivity index (χ2v) is 18.4. The fraction of sp³-hybridized carbons (Fsp3) is 0.414. The van der Waals surface area contributed by atoms with Gasteiger partial charge in [0.15, 0.2) is 0 Å². The molecule has 0 amide bonds. The minimum atomic E-state index is -1.01. The average Bonchev–Trinajstić information content (AvgIpc) is 3.27. The summed E-state index contributed by atoms with van der Waals surface area (Å²) in [5.41, 5.74) is 2.27. The first-order chi connectivity index (χ1) is 34.3. The molecule has 10 unspecified atom stereocenters. The Morgan fingerprint density at radius 2 is 0.875 bits per heavy atom. The molecule has 14 nitrogen and oxygen atoms in total. The van der Waals surface area contributed by atoms with Crippen molar-refractivity contribution in [3.63, 3.8) is 0 Å². The summed E-state index contributed by atoms with van der Waals surface area (Å²) in [7, 11) is 0. The number of fused-ring (bicyclic) bond motifs is 2. The monoisotopic (exact) mass is 997 g/mol. The maximum atomic E-state index is 13.5. The zero-order valence-electron chi connectivity index (χ0n) is 41.8. The van der Waals surface area contributed by atoms with Gasteiger partial charge in [0.2, 0.25) is 0 Å². The van der Waals surface area contributed by atoms with Gasteiger partial charge in [-0.15, -0.1) is 0 Å². The van der Waals surface area contributed by atoms with Gasteiger partial charge in [0.25, 0.3) is 0 Å². The Hall–Kier alpha value is -5.94. The summed E-state index contributed by atoms with van der Waals surface area (Å²) in [6.45, 7) is 6.75. The number of phenols is 2. The SMILES string of the molecule is CC1=CC=CC=CC=Cc2cccc(O)c2C(=O)OC(CC(C)O)CC(O)CC=CC(O)CC(O)CC(C)=CC=CC=CC=Cc2cccc(O)c2C(=O)OC(CC(C)O)CC(O)CC=CC(O)CC(O)C1. The quantitative estimate of drug-likeness (QED) is 0.103. The smallest absolute Gasteiger partial charge is 0.342 e. The predicted octanol–water partition coefficient (Wildman–Crippen LogP) is 7.95. The largest absolute Gasteiger partial charge is 0.507 e. The summed E-state index contributed by atoms with van der Waals surface area (Å²) in [5.74, 6) is -2.29. The van der Waals surface area contributed by atoms with Crippen molar-refractivity contribution >= 4 is 24.1 Å². The van der Waals surface area contributed by atoms with Gasteiger partial charge in [-0.05, 0) is 76.6 Å². The van der Waals surface area contributed by atoms with E-state index in [9.17, 15) is 60.7 Å². The third kappa shape index (κ3) is 24.5. The number of aliphatic hydroxyl groups is 8. The number of allylic oxidation sites excluding steroid dienone is 12. The third-order valence-electron chi connectivity index (χ3n) is 11.3. The number of hydrogen-bond donors (Lipinski definition) is 10. The van der Waals surface area contributed by atoms with Crippen LogP contribution in [0.25, 0.3) is 12.2 Å². The second kappa shape index (κ2) is 32.9. The lowest BCUT2D eigenvalue weighted by atomic mass is 10.0. The van der Waals surface area contributed by atoms with E-state index in [1.807, 2.05) is 26.0 Å². The number of benzene rings is 2. The van der Waals surface area contributed by atoms with E-state index in [4.69, 9.17) is 9.47 Å². The molecule has 0 saturated heterocycles. The Kier molecular flexibility index (Phi) is 27.6. The zero-order chi connectivity index (χ0) is 53.0. The van der Waals surface area contributed by atoms with Crippen LogP contribution in [0, 0.1) is 0 Å². The third-order valence-corrected chi connectivity index (χ3v) is 11.3.